The Kier molecular flexibility index (Phi) is 25.6. The number of ketones is 1. The predicted molar refractivity (Wildman–Crippen MR) is 217 cm³/mol. The maximum Gasteiger partial charge on any atom is 0.164 e. The molecule has 6 rings (SSSR count). The molecule has 307 valence electrons. The standard InChI is InChI=1S/C25H24FN4OS.C10H22O4.C3H6N.C3H6O2.Y/c1-16-7-10-30(11-8-16)15-17-2-4-20(29-14-17)24-13-21-25(32-24)23(6-9-28-21)31-22-5-3-18(27)12-19(22)26;1-3-4-12-7-8-14-10-9-13-6-5-11-2;4-3-1-2-3;1-3(5)2-4;/h2-6,9,12-14,16,27H,7-8,10-11,15H2,1H3;3-10H2,1-2H3;3-4H,1-2H2;4H,2H2,1H3;/q-1;;-1;;. The summed E-state index contributed by atoms with van der Waals surface area (Å²) in [4.78, 5) is 22.2. The number of nitrogens with zero attached hydrogens (tertiary/aromatic N) is 3. The number of Topliss-reactive ketones (excluding diaryl/α,β-unsaturated/α-hetero) is 1. The minimum atomic E-state index is -0.556. The third-order valence-electron chi connectivity index (χ3n) is 8.21. The number of carbonyl (C=O) groups is 1. The quantitative estimate of drug-likeness (QED) is 0.101. The van der Waals surface area contributed by atoms with Crippen molar-refractivity contribution in [1.82, 2.24) is 14.9 Å². The molecular formula is C41H58FN5O7SY-2. The molecule has 1 radical (unpaired) electrons. The summed E-state index contributed by atoms with van der Waals surface area (Å²) >= 11 is 1.53. The van der Waals surface area contributed by atoms with E-state index in [2.05, 4.69) is 35.9 Å². The largest absolute Gasteiger partial charge is 0.699 e. The number of hydrogen-bond acceptors (Lipinski definition) is 11. The first-order chi connectivity index (χ1) is 26.6. The van der Waals surface area contributed by atoms with E-state index in [-0.39, 0.29) is 56.5 Å². The Morgan fingerprint density at radius 3 is 2.09 bits per heavy atom. The molecule has 3 N–H and O–H groups in total. The number of methoxy groups -OCH3 is 1. The molecule has 1 aliphatic heterocycles. The Bertz CT molecular complexity index is 1650. The van der Waals surface area contributed by atoms with Gasteiger partial charge in [-0.15, -0.1) is 23.1 Å². The second-order valence-corrected chi connectivity index (χ2v) is 14.4. The fourth-order valence-electron chi connectivity index (χ4n) is 4.88. The summed E-state index contributed by atoms with van der Waals surface area (Å²) in [6, 6.07) is 12.4. The van der Waals surface area contributed by atoms with Crippen LogP contribution in [0, 0.1) is 11.7 Å². The summed E-state index contributed by atoms with van der Waals surface area (Å²) in [6.45, 7) is 13.3. The molecule has 2 fully saturated rings. The van der Waals surface area contributed by atoms with E-state index in [9.17, 15) is 9.18 Å². The molecule has 1 saturated carbocycles. The summed E-state index contributed by atoms with van der Waals surface area (Å²) in [5.41, 5.74) is 17.2. The third kappa shape index (κ3) is 20.3. The molecule has 56 heavy (non-hydrogen) atoms. The normalized spacial score (nSPS) is 14.0. The average Bonchev–Trinajstić information content (AvgIpc) is 3.84. The molecule has 1 aliphatic carbocycles. The van der Waals surface area contributed by atoms with E-state index in [4.69, 9.17) is 45.2 Å². The molecular weight excluding hydrogens is 814 g/mol. The average molecular weight is 873 g/mol. The van der Waals surface area contributed by atoms with Crippen LogP contribution >= 0.6 is 11.3 Å². The van der Waals surface area contributed by atoms with E-state index in [0.717, 1.165) is 78.3 Å². The van der Waals surface area contributed by atoms with Gasteiger partial charge in [0.1, 0.15) is 12.4 Å². The van der Waals surface area contributed by atoms with Gasteiger partial charge >= 0.3 is 0 Å². The van der Waals surface area contributed by atoms with Gasteiger partial charge in [-0.2, -0.15) is 0 Å². The van der Waals surface area contributed by atoms with Crippen molar-refractivity contribution in [2.24, 2.45) is 5.92 Å². The number of thiophene rings is 1. The van der Waals surface area contributed by atoms with Crippen molar-refractivity contribution < 1.29 is 70.7 Å². The smallest absolute Gasteiger partial charge is 0.164 e. The topological polar surface area (TPSA) is 160 Å². The molecule has 0 atom stereocenters. The van der Waals surface area contributed by atoms with Crippen LogP contribution in [0.4, 0.5) is 10.1 Å². The number of carbonyl (C=O) groups excluding carboxylic acids is 1. The molecule has 0 spiro atoms. The zero-order valence-electron chi connectivity index (χ0n) is 33.3. The molecule has 4 heterocycles. The number of hydrogen-bond donors (Lipinski definition) is 1. The predicted octanol–water partition coefficient (Wildman–Crippen LogP) is 9.06. The second-order valence-electron chi connectivity index (χ2n) is 13.4. The first kappa shape index (κ1) is 49.6. The number of aliphatic hydroxyl groups excluding tert-OH is 1. The summed E-state index contributed by atoms with van der Waals surface area (Å²) in [7, 11) is 1.66. The molecule has 0 unspecified atom stereocenters. The van der Waals surface area contributed by atoms with Crippen LogP contribution in [-0.4, -0.2) is 105 Å². The minimum Gasteiger partial charge on any atom is -0.699 e. The van der Waals surface area contributed by atoms with Crippen LogP contribution in [0.2, 0.25) is 0 Å². The van der Waals surface area contributed by atoms with Crippen LogP contribution in [0.3, 0.4) is 0 Å². The molecule has 15 heteroatoms. The molecule has 0 bridgehead atoms. The number of likely N-dealkylation sites (tertiary alicyclic amines) is 1. The van der Waals surface area contributed by atoms with Gasteiger partial charge in [0.05, 0.1) is 60.4 Å². The number of nitrogens with one attached hydrogen (secondary N) is 2. The molecule has 2 aliphatic rings. The van der Waals surface area contributed by atoms with E-state index in [1.807, 2.05) is 12.3 Å². The van der Waals surface area contributed by atoms with Gasteiger partial charge in [0, 0.05) is 71.4 Å². The summed E-state index contributed by atoms with van der Waals surface area (Å²) in [5.74, 6) is 0.720. The van der Waals surface area contributed by atoms with E-state index < -0.39 is 5.82 Å². The van der Waals surface area contributed by atoms with E-state index >= 15 is 0 Å². The number of halogens is 1. The molecule has 3 aromatic heterocycles. The van der Waals surface area contributed by atoms with Gasteiger partial charge in [0.15, 0.2) is 17.3 Å². The Balaban J connectivity index is 0.000000373. The third-order valence-corrected chi connectivity index (χ3v) is 9.37. The van der Waals surface area contributed by atoms with Crippen LogP contribution < -0.4 is 4.74 Å². The number of pyridine rings is 2. The van der Waals surface area contributed by atoms with Crippen LogP contribution in [0.25, 0.3) is 32.3 Å². The van der Waals surface area contributed by atoms with Crippen molar-refractivity contribution in [2.75, 3.05) is 73.1 Å². The van der Waals surface area contributed by atoms with Crippen molar-refractivity contribution in [3.8, 4) is 22.1 Å². The van der Waals surface area contributed by atoms with Gasteiger partial charge in [0.2, 0.25) is 0 Å². The number of rotatable bonds is 17. The molecule has 0 amide bonds. The number of aromatic nitrogens is 2. The first-order valence-electron chi connectivity index (χ1n) is 18.9. The maximum atomic E-state index is 14.2. The Labute approximate surface area is 360 Å². The minimum absolute atomic E-state index is 0. The summed E-state index contributed by atoms with van der Waals surface area (Å²) in [5, 5.41) is 7.79. The van der Waals surface area contributed by atoms with Crippen molar-refractivity contribution in [2.45, 2.75) is 65.5 Å². The van der Waals surface area contributed by atoms with Crippen molar-refractivity contribution in [3.05, 3.63) is 77.7 Å². The SMILES string of the molecule is CC(=O)CO.CC1CCN(Cc2ccc(-c3cc4nccc(Oc5ccc([NH-])cc5F)c4s3)nc2)CC1.CCCOCCOCCOCCOC.[NH-]C1CC1.[Y]. The van der Waals surface area contributed by atoms with Gasteiger partial charge in [-0.05, 0) is 75.0 Å². The second kappa shape index (κ2) is 28.8. The fraction of sp³-hybridized carbons (Fsp3) is 0.537. The summed E-state index contributed by atoms with van der Waals surface area (Å²) in [6.07, 6.45) is 9.51. The number of benzene rings is 1. The van der Waals surface area contributed by atoms with Crippen molar-refractivity contribution >= 4 is 33.0 Å². The number of piperidine rings is 1. The van der Waals surface area contributed by atoms with Crippen molar-refractivity contribution in [1.29, 1.82) is 0 Å². The van der Waals surface area contributed by atoms with Gasteiger partial charge < -0.3 is 40.3 Å². The molecule has 4 aromatic rings. The van der Waals surface area contributed by atoms with Gasteiger partial charge in [-0.3, -0.25) is 19.7 Å². The van der Waals surface area contributed by atoms with Crippen LogP contribution in [0.1, 0.15) is 58.4 Å². The number of fused-ring (bicyclic) bond motifs is 1. The van der Waals surface area contributed by atoms with Gasteiger partial charge in [-0.25, -0.2) is 4.39 Å². The zero-order valence-corrected chi connectivity index (χ0v) is 36.9. The van der Waals surface area contributed by atoms with E-state index in [0.29, 0.717) is 51.4 Å². The van der Waals surface area contributed by atoms with Gasteiger partial charge in [-0.1, -0.05) is 38.8 Å². The summed E-state index contributed by atoms with van der Waals surface area (Å²) < 4.78 is 41.4. The maximum absolute atomic E-state index is 14.2. The molecule has 12 nitrogen and oxygen atoms in total. The van der Waals surface area contributed by atoms with Crippen molar-refractivity contribution in [3.63, 3.8) is 0 Å². The molecule has 1 saturated heterocycles. The fourth-order valence-corrected chi connectivity index (χ4v) is 5.92. The Morgan fingerprint density at radius 1 is 0.929 bits per heavy atom. The first-order valence-corrected chi connectivity index (χ1v) is 19.7. The van der Waals surface area contributed by atoms with Crippen LogP contribution in [-0.2, 0) is 63.0 Å². The number of aliphatic hydroxyl groups is 1. The Hall–Kier alpha value is -2.50. The van der Waals surface area contributed by atoms with Crippen LogP contribution in [0.15, 0.2) is 54.9 Å². The van der Waals surface area contributed by atoms with Gasteiger partial charge in [0.25, 0.3) is 0 Å². The molecule has 1 aromatic carbocycles. The van der Waals surface area contributed by atoms with E-state index in [1.54, 1.807) is 19.4 Å². The monoisotopic (exact) mass is 872 g/mol. The number of ether oxygens (including phenoxy) is 5. The Morgan fingerprint density at radius 2 is 1.55 bits per heavy atom. The van der Waals surface area contributed by atoms with Crippen LogP contribution in [0.5, 0.6) is 11.5 Å². The van der Waals surface area contributed by atoms with E-state index in [1.165, 1.54) is 48.8 Å². The zero-order chi connectivity index (χ0) is 39.8.